The first-order valence-corrected chi connectivity index (χ1v) is 4.77. The minimum Gasteiger partial charge on any atom is -0.452 e. The van der Waals surface area contributed by atoms with Crippen molar-refractivity contribution in [1.29, 1.82) is 5.26 Å². The van der Waals surface area contributed by atoms with Crippen LogP contribution in [0.4, 0.5) is 0 Å². The van der Waals surface area contributed by atoms with Gasteiger partial charge in [-0.1, -0.05) is 12.1 Å². The number of aliphatic hydroxyl groups is 1. The van der Waals surface area contributed by atoms with Crippen molar-refractivity contribution in [3.8, 4) is 6.07 Å². The second kappa shape index (κ2) is 4.17. The lowest BCUT2D eigenvalue weighted by Gasteiger charge is -2.16. The summed E-state index contributed by atoms with van der Waals surface area (Å²) in [7, 11) is 0. The molecular formula is C12H9NO3. The van der Waals surface area contributed by atoms with Crippen LogP contribution >= 0.6 is 0 Å². The number of hydrogen-bond acceptors (Lipinski definition) is 4. The highest BCUT2D eigenvalue weighted by Crippen LogP contribution is 2.23. The molecule has 1 aromatic rings. The molecule has 0 fully saturated rings. The average Bonchev–Trinajstić information content (AvgIpc) is 2.75. The Bertz CT molecular complexity index is 470. The number of carbonyl (C=O) groups is 1. The quantitative estimate of drug-likeness (QED) is 0.749. The largest absolute Gasteiger partial charge is 0.452 e. The standard InChI is InChI=1S/C12H9NO3/c13-7-8-1-3-9(4-2-8)12(15)10-5-6-11(14)16-10/h1-6,10,12,15H/t10-,12+/m0/s1. The number of rotatable bonds is 2. The van der Waals surface area contributed by atoms with Crippen molar-refractivity contribution in [3.05, 3.63) is 47.5 Å². The van der Waals surface area contributed by atoms with E-state index in [1.807, 2.05) is 6.07 Å². The number of nitrogens with zero attached hydrogens (tertiary/aromatic N) is 1. The topological polar surface area (TPSA) is 70.3 Å². The molecular weight excluding hydrogens is 206 g/mol. The van der Waals surface area contributed by atoms with Gasteiger partial charge < -0.3 is 9.84 Å². The molecule has 1 aliphatic rings. The van der Waals surface area contributed by atoms with Gasteiger partial charge in [0.05, 0.1) is 11.6 Å². The lowest BCUT2D eigenvalue weighted by molar-refractivity contribution is -0.142. The van der Waals surface area contributed by atoms with Crippen molar-refractivity contribution in [3.63, 3.8) is 0 Å². The summed E-state index contributed by atoms with van der Waals surface area (Å²) in [6.07, 6.45) is 1.28. The molecule has 80 valence electrons. The molecule has 2 rings (SSSR count). The van der Waals surface area contributed by atoms with E-state index in [0.717, 1.165) is 0 Å². The Hall–Kier alpha value is -2.12. The minimum atomic E-state index is -0.893. The third-order valence-electron chi connectivity index (χ3n) is 2.37. The summed E-state index contributed by atoms with van der Waals surface area (Å²) >= 11 is 0. The number of cyclic esters (lactones) is 1. The summed E-state index contributed by atoms with van der Waals surface area (Å²) in [5.41, 5.74) is 1.14. The van der Waals surface area contributed by atoms with Gasteiger partial charge in [-0.25, -0.2) is 4.79 Å². The van der Waals surface area contributed by atoms with E-state index in [9.17, 15) is 9.90 Å². The fraction of sp³-hybridized carbons (Fsp3) is 0.167. The van der Waals surface area contributed by atoms with Crippen LogP contribution in [0.15, 0.2) is 36.4 Å². The van der Waals surface area contributed by atoms with Crippen molar-refractivity contribution in [2.45, 2.75) is 12.2 Å². The highest BCUT2D eigenvalue weighted by molar-refractivity contribution is 5.84. The molecule has 0 radical (unpaired) electrons. The normalized spacial score (nSPS) is 20.2. The predicted molar refractivity (Wildman–Crippen MR) is 55.1 cm³/mol. The maximum atomic E-state index is 10.8. The molecule has 0 aromatic heterocycles. The van der Waals surface area contributed by atoms with Crippen molar-refractivity contribution < 1.29 is 14.6 Å². The maximum absolute atomic E-state index is 10.8. The molecule has 4 nitrogen and oxygen atoms in total. The van der Waals surface area contributed by atoms with Crippen LogP contribution in [0.5, 0.6) is 0 Å². The molecule has 0 bridgehead atoms. The van der Waals surface area contributed by atoms with Crippen molar-refractivity contribution in [2.75, 3.05) is 0 Å². The van der Waals surface area contributed by atoms with Crippen LogP contribution in [-0.2, 0) is 9.53 Å². The Morgan fingerprint density at radius 3 is 2.56 bits per heavy atom. The van der Waals surface area contributed by atoms with E-state index in [4.69, 9.17) is 10.00 Å². The number of ether oxygens (including phenoxy) is 1. The van der Waals surface area contributed by atoms with Crippen LogP contribution in [0.2, 0.25) is 0 Å². The molecule has 4 heteroatoms. The van der Waals surface area contributed by atoms with Gasteiger partial charge in [0.1, 0.15) is 6.10 Å². The number of benzene rings is 1. The lowest BCUT2D eigenvalue weighted by atomic mass is 10.0. The molecule has 1 N–H and O–H groups in total. The monoisotopic (exact) mass is 215 g/mol. The molecule has 1 aromatic carbocycles. The number of hydrogen-bond donors (Lipinski definition) is 1. The Morgan fingerprint density at radius 1 is 1.38 bits per heavy atom. The third kappa shape index (κ3) is 1.95. The zero-order chi connectivity index (χ0) is 11.5. The minimum absolute atomic E-state index is 0.447. The molecule has 0 aliphatic carbocycles. The van der Waals surface area contributed by atoms with Crippen molar-refractivity contribution in [1.82, 2.24) is 0 Å². The number of aliphatic hydroxyl groups excluding tert-OH is 1. The number of nitriles is 1. The molecule has 0 spiro atoms. The smallest absolute Gasteiger partial charge is 0.331 e. The van der Waals surface area contributed by atoms with Crippen LogP contribution in [-0.4, -0.2) is 17.2 Å². The zero-order valence-electron chi connectivity index (χ0n) is 8.33. The van der Waals surface area contributed by atoms with Crippen LogP contribution in [0.3, 0.4) is 0 Å². The fourth-order valence-corrected chi connectivity index (χ4v) is 1.50. The van der Waals surface area contributed by atoms with Gasteiger partial charge in [-0.05, 0) is 23.8 Å². The summed E-state index contributed by atoms with van der Waals surface area (Å²) in [4.78, 5) is 10.8. The van der Waals surface area contributed by atoms with E-state index in [1.165, 1.54) is 12.2 Å². The maximum Gasteiger partial charge on any atom is 0.331 e. The van der Waals surface area contributed by atoms with Gasteiger partial charge in [-0.3, -0.25) is 0 Å². The summed E-state index contributed by atoms with van der Waals surface area (Å²) in [5, 5.41) is 18.5. The van der Waals surface area contributed by atoms with Crippen molar-refractivity contribution >= 4 is 5.97 Å². The Labute approximate surface area is 92.4 Å². The van der Waals surface area contributed by atoms with Gasteiger partial charge in [0.2, 0.25) is 0 Å². The van der Waals surface area contributed by atoms with E-state index in [2.05, 4.69) is 0 Å². The van der Waals surface area contributed by atoms with E-state index in [1.54, 1.807) is 24.3 Å². The molecule has 2 atom stereocenters. The number of carbonyl (C=O) groups excluding carboxylic acids is 1. The molecule has 16 heavy (non-hydrogen) atoms. The van der Waals surface area contributed by atoms with Crippen LogP contribution in [0.25, 0.3) is 0 Å². The van der Waals surface area contributed by atoms with E-state index >= 15 is 0 Å². The molecule has 0 saturated carbocycles. The fourth-order valence-electron chi connectivity index (χ4n) is 1.50. The molecule has 0 unspecified atom stereocenters. The van der Waals surface area contributed by atoms with Crippen LogP contribution < -0.4 is 0 Å². The van der Waals surface area contributed by atoms with Gasteiger partial charge in [0.25, 0.3) is 0 Å². The highest BCUT2D eigenvalue weighted by Gasteiger charge is 2.25. The Morgan fingerprint density at radius 2 is 2.06 bits per heavy atom. The SMILES string of the molecule is N#Cc1ccc([C@@H](O)[C@@H]2C=CC(=O)O2)cc1. The summed E-state index contributed by atoms with van der Waals surface area (Å²) < 4.78 is 4.87. The lowest BCUT2D eigenvalue weighted by Crippen LogP contribution is -2.18. The van der Waals surface area contributed by atoms with Crippen molar-refractivity contribution in [2.24, 2.45) is 0 Å². The van der Waals surface area contributed by atoms with Crippen LogP contribution in [0.1, 0.15) is 17.2 Å². The third-order valence-corrected chi connectivity index (χ3v) is 2.37. The first-order chi connectivity index (χ1) is 7.70. The van der Waals surface area contributed by atoms with Gasteiger partial charge in [0.15, 0.2) is 6.10 Å². The average molecular weight is 215 g/mol. The van der Waals surface area contributed by atoms with E-state index < -0.39 is 18.2 Å². The molecule has 0 amide bonds. The Balaban J connectivity index is 2.15. The predicted octanol–water partition coefficient (Wildman–Crippen LogP) is 1.07. The second-order valence-electron chi connectivity index (χ2n) is 3.44. The first kappa shape index (κ1) is 10.4. The molecule has 1 aliphatic heterocycles. The van der Waals surface area contributed by atoms with E-state index in [0.29, 0.717) is 11.1 Å². The summed E-state index contributed by atoms with van der Waals surface area (Å²) in [5.74, 6) is -0.447. The van der Waals surface area contributed by atoms with Gasteiger partial charge in [-0.2, -0.15) is 5.26 Å². The summed E-state index contributed by atoms with van der Waals surface area (Å²) in [6.45, 7) is 0. The second-order valence-corrected chi connectivity index (χ2v) is 3.44. The van der Waals surface area contributed by atoms with E-state index in [-0.39, 0.29) is 0 Å². The van der Waals surface area contributed by atoms with Crippen LogP contribution in [0, 0.1) is 11.3 Å². The Kier molecular flexibility index (Phi) is 2.71. The van der Waals surface area contributed by atoms with Gasteiger partial charge in [0, 0.05) is 6.08 Å². The highest BCUT2D eigenvalue weighted by atomic mass is 16.6. The van der Waals surface area contributed by atoms with Gasteiger partial charge >= 0.3 is 5.97 Å². The number of esters is 1. The van der Waals surface area contributed by atoms with Gasteiger partial charge in [-0.15, -0.1) is 0 Å². The molecule has 1 heterocycles. The molecule has 0 saturated heterocycles. The zero-order valence-corrected chi connectivity index (χ0v) is 8.33. The first-order valence-electron chi connectivity index (χ1n) is 4.77. The summed E-state index contributed by atoms with van der Waals surface area (Å²) in [6, 6.07) is 8.49.